The highest BCUT2D eigenvalue weighted by Gasteiger charge is 2.14. The first-order chi connectivity index (χ1) is 9.70. The van der Waals surface area contributed by atoms with Gasteiger partial charge < -0.3 is 15.2 Å². The first kappa shape index (κ1) is 13.8. The molecule has 0 radical (unpaired) electrons. The smallest absolute Gasteiger partial charge is 0.341 e. The van der Waals surface area contributed by atoms with E-state index in [1.54, 1.807) is 37.5 Å². The maximum Gasteiger partial charge on any atom is 0.341 e. The predicted octanol–water partition coefficient (Wildman–Crippen LogP) is 1.81. The Bertz CT molecular complexity index is 587. The maximum atomic E-state index is 11.8. The summed E-state index contributed by atoms with van der Waals surface area (Å²) in [5.41, 5.74) is 6.44. The molecule has 6 heteroatoms. The van der Waals surface area contributed by atoms with Crippen molar-refractivity contribution in [3.05, 3.63) is 48.0 Å². The third-order valence-corrected chi connectivity index (χ3v) is 2.47. The molecule has 0 spiro atoms. The average Bonchev–Trinajstić information content (AvgIpc) is 2.47. The SMILES string of the molecule is CCOC(=O)c1cc(N)ccc1OCc1ncccn1. The number of aromatic nitrogens is 2. The summed E-state index contributed by atoms with van der Waals surface area (Å²) < 4.78 is 10.5. The number of anilines is 1. The van der Waals surface area contributed by atoms with Crippen LogP contribution < -0.4 is 10.5 Å². The molecule has 2 rings (SSSR count). The zero-order chi connectivity index (χ0) is 14.4. The third-order valence-electron chi connectivity index (χ3n) is 2.47. The Balaban J connectivity index is 2.16. The maximum absolute atomic E-state index is 11.8. The van der Waals surface area contributed by atoms with E-state index in [-0.39, 0.29) is 13.2 Å². The third kappa shape index (κ3) is 3.44. The normalized spacial score (nSPS) is 10.1. The summed E-state index contributed by atoms with van der Waals surface area (Å²) in [6.07, 6.45) is 3.25. The molecule has 6 nitrogen and oxygen atoms in total. The topological polar surface area (TPSA) is 87.3 Å². The number of carbonyl (C=O) groups excluding carboxylic acids is 1. The summed E-state index contributed by atoms with van der Waals surface area (Å²) in [6, 6.07) is 6.53. The van der Waals surface area contributed by atoms with Crippen molar-refractivity contribution in [2.75, 3.05) is 12.3 Å². The summed E-state index contributed by atoms with van der Waals surface area (Å²) in [4.78, 5) is 19.9. The van der Waals surface area contributed by atoms with Crippen LogP contribution >= 0.6 is 0 Å². The van der Waals surface area contributed by atoms with Gasteiger partial charge in [0.25, 0.3) is 0 Å². The fraction of sp³-hybridized carbons (Fsp3) is 0.214. The van der Waals surface area contributed by atoms with Crippen molar-refractivity contribution < 1.29 is 14.3 Å². The molecule has 0 saturated heterocycles. The van der Waals surface area contributed by atoms with Gasteiger partial charge in [0, 0.05) is 18.1 Å². The summed E-state index contributed by atoms with van der Waals surface area (Å²) in [7, 11) is 0. The molecule has 0 aliphatic carbocycles. The van der Waals surface area contributed by atoms with Crippen molar-refractivity contribution in [1.82, 2.24) is 9.97 Å². The van der Waals surface area contributed by atoms with Crippen molar-refractivity contribution in [2.24, 2.45) is 0 Å². The van der Waals surface area contributed by atoms with E-state index in [2.05, 4.69) is 9.97 Å². The van der Waals surface area contributed by atoms with E-state index in [1.165, 1.54) is 6.07 Å². The van der Waals surface area contributed by atoms with Gasteiger partial charge in [-0.25, -0.2) is 14.8 Å². The van der Waals surface area contributed by atoms with Gasteiger partial charge >= 0.3 is 5.97 Å². The van der Waals surface area contributed by atoms with E-state index in [1.807, 2.05) is 0 Å². The van der Waals surface area contributed by atoms with Gasteiger partial charge in [0.05, 0.1) is 6.61 Å². The number of benzene rings is 1. The number of nitrogens with zero attached hydrogens (tertiary/aromatic N) is 2. The van der Waals surface area contributed by atoms with Crippen LogP contribution in [-0.4, -0.2) is 22.5 Å². The number of nitrogen functional groups attached to an aromatic ring is 1. The second-order valence-electron chi connectivity index (χ2n) is 3.93. The number of hydrogen-bond acceptors (Lipinski definition) is 6. The van der Waals surface area contributed by atoms with Gasteiger partial charge in [-0.2, -0.15) is 0 Å². The number of esters is 1. The van der Waals surface area contributed by atoms with Crippen molar-refractivity contribution in [3.8, 4) is 5.75 Å². The van der Waals surface area contributed by atoms with Crippen LogP contribution in [0.15, 0.2) is 36.7 Å². The van der Waals surface area contributed by atoms with Gasteiger partial charge in [-0.3, -0.25) is 0 Å². The van der Waals surface area contributed by atoms with Gasteiger partial charge in [0.1, 0.15) is 17.9 Å². The Morgan fingerprint density at radius 1 is 1.30 bits per heavy atom. The molecule has 1 aromatic carbocycles. The van der Waals surface area contributed by atoms with Gasteiger partial charge in [0.2, 0.25) is 0 Å². The van der Waals surface area contributed by atoms with Gasteiger partial charge in [0.15, 0.2) is 5.82 Å². The number of nitrogens with two attached hydrogens (primary N) is 1. The molecule has 0 unspecified atom stereocenters. The molecular weight excluding hydrogens is 258 g/mol. The Morgan fingerprint density at radius 3 is 2.75 bits per heavy atom. The second kappa shape index (κ2) is 6.51. The van der Waals surface area contributed by atoms with Crippen LogP contribution in [0, 0.1) is 0 Å². The molecule has 20 heavy (non-hydrogen) atoms. The molecule has 1 aromatic heterocycles. The Morgan fingerprint density at radius 2 is 2.05 bits per heavy atom. The van der Waals surface area contributed by atoms with Crippen molar-refractivity contribution >= 4 is 11.7 Å². The number of hydrogen-bond donors (Lipinski definition) is 1. The minimum absolute atomic E-state index is 0.164. The summed E-state index contributed by atoms with van der Waals surface area (Å²) in [5.74, 6) is 0.452. The van der Waals surface area contributed by atoms with Gasteiger partial charge in [-0.05, 0) is 31.2 Å². The first-order valence-corrected chi connectivity index (χ1v) is 6.16. The standard InChI is InChI=1S/C14H15N3O3/c1-2-19-14(18)11-8-10(15)4-5-12(11)20-9-13-16-6-3-7-17-13/h3-8H,2,9,15H2,1H3. The molecule has 0 bridgehead atoms. The number of carbonyl (C=O) groups is 1. The van der Waals surface area contributed by atoms with Crippen LogP contribution in [0.5, 0.6) is 5.75 Å². The van der Waals surface area contributed by atoms with Crippen LogP contribution in [0.3, 0.4) is 0 Å². The van der Waals surface area contributed by atoms with Crippen LogP contribution in [-0.2, 0) is 11.3 Å². The van der Waals surface area contributed by atoms with E-state index in [9.17, 15) is 4.79 Å². The molecule has 0 aliphatic heterocycles. The minimum atomic E-state index is -0.469. The van der Waals surface area contributed by atoms with Crippen LogP contribution in [0.4, 0.5) is 5.69 Å². The molecule has 0 amide bonds. The first-order valence-electron chi connectivity index (χ1n) is 6.16. The van der Waals surface area contributed by atoms with Crippen molar-refractivity contribution in [2.45, 2.75) is 13.5 Å². The molecule has 2 aromatic rings. The van der Waals surface area contributed by atoms with Crippen LogP contribution in [0.2, 0.25) is 0 Å². The zero-order valence-electron chi connectivity index (χ0n) is 11.1. The molecule has 0 fully saturated rings. The van der Waals surface area contributed by atoms with Crippen LogP contribution in [0.1, 0.15) is 23.1 Å². The number of rotatable bonds is 5. The van der Waals surface area contributed by atoms with Gasteiger partial charge in [-0.1, -0.05) is 0 Å². The highest BCUT2D eigenvalue weighted by molar-refractivity contribution is 5.93. The minimum Gasteiger partial charge on any atom is -0.485 e. The number of ether oxygens (including phenoxy) is 2. The molecule has 2 N–H and O–H groups in total. The van der Waals surface area contributed by atoms with Crippen molar-refractivity contribution in [3.63, 3.8) is 0 Å². The molecule has 0 saturated carbocycles. The highest BCUT2D eigenvalue weighted by atomic mass is 16.5. The molecule has 1 heterocycles. The lowest BCUT2D eigenvalue weighted by atomic mass is 10.2. The second-order valence-corrected chi connectivity index (χ2v) is 3.93. The van der Waals surface area contributed by atoms with Crippen molar-refractivity contribution in [1.29, 1.82) is 0 Å². The van der Waals surface area contributed by atoms with E-state index in [4.69, 9.17) is 15.2 Å². The van der Waals surface area contributed by atoms with Gasteiger partial charge in [-0.15, -0.1) is 0 Å². The summed E-state index contributed by atoms with van der Waals surface area (Å²) >= 11 is 0. The lowest BCUT2D eigenvalue weighted by Gasteiger charge is -2.10. The zero-order valence-corrected chi connectivity index (χ0v) is 11.1. The molecule has 104 valence electrons. The monoisotopic (exact) mass is 273 g/mol. The average molecular weight is 273 g/mol. The van der Waals surface area contributed by atoms with E-state index in [0.717, 1.165) is 0 Å². The van der Waals surface area contributed by atoms with E-state index >= 15 is 0 Å². The quantitative estimate of drug-likeness (QED) is 0.660. The Labute approximate surface area is 116 Å². The van der Waals surface area contributed by atoms with E-state index < -0.39 is 5.97 Å². The molecule has 0 atom stereocenters. The summed E-state index contributed by atoms with van der Waals surface area (Å²) in [5, 5.41) is 0. The molecular formula is C14H15N3O3. The lowest BCUT2D eigenvalue weighted by molar-refractivity contribution is 0.0521. The predicted molar refractivity (Wildman–Crippen MR) is 73.2 cm³/mol. The fourth-order valence-electron chi connectivity index (χ4n) is 1.59. The summed E-state index contributed by atoms with van der Waals surface area (Å²) in [6.45, 7) is 2.19. The lowest BCUT2D eigenvalue weighted by Crippen LogP contribution is -2.09. The Hall–Kier alpha value is -2.63. The Kier molecular flexibility index (Phi) is 4.49. The molecule has 0 aliphatic rings. The highest BCUT2D eigenvalue weighted by Crippen LogP contribution is 2.23. The van der Waals surface area contributed by atoms with E-state index in [0.29, 0.717) is 22.8 Å². The largest absolute Gasteiger partial charge is 0.485 e. The van der Waals surface area contributed by atoms with Crippen LogP contribution in [0.25, 0.3) is 0 Å². The fourth-order valence-corrected chi connectivity index (χ4v) is 1.59.